The number of amides is 1. The number of ether oxygens (including phenoxy) is 1. The van der Waals surface area contributed by atoms with Crippen LogP contribution in [0.3, 0.4) is 0 Å². The van der Waals surface area contributed by atoms with Gasteiger partial charge in [-0.15, -0.1) is 0 Å². The van der Waals surface area contributed by atoms with E-state index >= 15 is 0 Å². The summed E-state index contributed by atoms with van der Waals surface area (Å²) < 4.78 is 5.59. The second-order valence-electron chi connectivity index (χ2n) is 7.89. The summed E-state index contributed by atoms with van der Waals surface area (Å²) in [4.78, 5) is 22.2. The molecule has 1 aromatic carbocycles. The molecule has 1 aromatic heterocycles. The number of carbonyl (C=O) groups is 1. The van der Waals surface area contributed by atoms with E-state index in [-0.39, 0.29) is 17.4 Å². The van der Waals surface area contributed by atoms with E-state index in [2.05, 4.69) is 36.1 Å². The summed E-state index contributed by atoms with van der Waals surface area (Å²) in [6.07, 6.45) is 3.86. The number of likely N-dealkylation sites (tertiary alicyclic amines) is 1. The lowest BCUT2D eigenvalue weighted by molar-refractivity contribution is -0.128. The Morgan fingerprint density at radius 1 is 1.19 bits per heavy atom. The normalized spacial score (nSPS) is 17.6. The molecule has 6 heteroatoms. The zero-order chi connectivity index (χ0) is 18.6. The highest BCUT2D eigenvalue weighted by Crippen LogP contribution is 2.21. The Bertz CT molecular complexity index is 726. The predicted octanol–water partition coefficient (Wildman–Crippen LogP) is 3.01. The average Bonchev–Trinajstić information content (AvgIpc) is 2.93. The molecule has 2 aromatic rings. The van der Waals surface area contributed by atoms with Crippen LogP contribution in [0.4, 0.5) is 0 Å². The van der Waals surface area contributed by atoms with Crippen molar-refractivity contribution in [2.75, 3.05) is 13.1 Å². The summed E-state index contributed by atoms with van der Waals surface area (Å²) in [5.41, 5.74) is 1.27. The molecule has 1 aliphatic rings. The molecule has 0 spiro atoms. The number of nitrogens with zero attached hydrogens (tertiary/aromatic N) is 3. The van der Waals surface area contributed by atoms with Gasteiger partial charge < -0.3 is 15.0 Å². The first-order valence-corrected chi connectivity index (χ1v) is 8.94. The van der Waals surface area contributed by atoms with Gasteiger partial charge in [0.2, 0.25) is 5.91 Å². The maximum Gasteiger partial charge on any atom is 0.321 e. The summed E-state index contributed by atoms with van der Waals surface area (Å²) in [6, 6.07) is 10.1. The molecule has 26 heavy (non-hydrogen) atoms. The van der Waals surface area contributed by atoms with Gasteiger partial charge in [0, 0.05) is 44.5 Å². The Hall–Kier alpha value is -2.47. The predicted molar refractivity (Wildman–Crippen MR) is 99.8 cm³/mol. The van der Waals surface area contributed by atoms with Gasteiger partial charge in [-0.2, -0.15) is 0 Å². The molecule has 1 unspecified atom stereocenters. The lowest BCUT2D eigenvalue weighted by Crippen LogP contribution is -2.36. The molecule has 1 N–H and O–H groups in total. The molecule has 2 heterocycles. The van der Waals surface area contributed by atoms with E-state index in [0.29, 0.717) is 18.2 Å². The van der Waals surface area contributed by atoms with Crippen LogP contribution < -0.4 is 10.1 Å². The molecule has 1 atom stereocenters. The van der Waals surface area contributed by atoms with Gasteiger partial charge in [-0.05, 0) is 29.2 Å². The molecular weight excluding hydrogens is 328 g/mol. The van der Waals surface area contributed by atoms with Gasteiger partial charge in [-0.1, -0.05) is 32.9 Å². The van der Waals surface area contributed by atoms with Crippen LogP contribution in [0, 0.1) is 5.41 Å². The van der Waals surface area contributed by atoms with Crippen LogP contribution >= 0.6 is 0 Å². The fraction of sp³-hybridized carbons (Fsp3) is 0.450. The van der Waals surface area contributed by atoms with Crippen molar-refractivity contribution in [3.63, 3.8) is 0 Å². The SMILES string of the molecule is CC(C)(C)CN1CC(NCc2ccc(Oc3ncccn3)cc2)CC1=O. The monoisotopic (exact) mass is 354 g/mol. The number of hydrogen-bond acceptors (Lipinski definition) is 5. The number of benzene rings is 1. The van der Waals surface area contributed by atoms with Crippen molar-refractivity contribution in [1.29, 1.82) is 0 Å². The largest absolute Gasteiger partial charge is 0.424 e. The first kappa shape index (κ1) is 18.3. The number of aromatic nitrogens is 2. The Balaban J connectivity index is 1.49. The van der Waals surface area contributed by atoms with Crippen LogP contribution in [0.25, 0.3) is 0 Å². The Morgan fingerprint density at radius 3 is 2.54 bits per heavy atom. The number of hydrogen-bond donors (Lipinski definition) is 1. The molecule has 1 amide bonds. The molecule has 1 aliphatic heterocycles. The summed E-state index contributed by atoms with van der Waals surface area (Å²) in [5, 5.41) is 3.49. The Labute approximate surface area is 154 Å². The van der Waals surface area contributed by atoms with Crippen molar-refractivity contribution in [2.45, 2.75) is 39.8 Å². The zero-order valence-electron chi connectivity index (χ0n) is 15.6. The van der Waals surface area contributed by atoms with Crippen LogP contribution in [-0.4, -0.2) is 39.9 Å². The highest BCUT2D eigenvalue weighted by atomic mass is 16.5. The topological polar surface area (TPSA) is 67.3 Å². The maximum absolute atomic E-state index is 12.1. The van der Waals surface area contributed by atoms with E-state index in [1.54, 1.807) is 18.5 Å². The molecule has 138 valence electrons. The number of carbonyl (C=O) groups excluding carboxylic acids is 1. The fourth-order valence-corrected chi connectivity index (χ4v) is 3.02. The second-order valence-corrected chi connectivity index (χ2v) is 7.89. The Kier molecular flexibility index (Phi) is 5.52. The van der Waals surface area contributed by atoms with Crippen LogP contribution in [0.5, 0.6) is 11.8 Å². The molecule has 1 fully saturated rings. The summed E-state index contributed by atoms with van der Waals surface area (Å²) in [7, 11) is 0. The maximum atomic E-state index is 12.1. The molecular formula is C20H26N4O2. The standard InChI is InChI=1S/C20H26N4O2/c1-20(2,3)14-24-13-16(11-18(24)25)23-12-15-5-7-17(8-6-15)26-19-21-9-4-10-22-19/h4-10,16,23H,11-14H2,1-3H3. The van der Waals surface area contributed by atoms with E-state index in [1.165, 1.54) is 0 Å². The third-order valence-corrected chi connectivity index (χ3v) is 4.15. The van der Waals surface area contributed by atoms with Crippen molar-refractivity contribution in [3.05, 3.63) is 48.3 Å². The quantitative estimate of drug-likeness (QED) is 0.864. The third-order valence-electron chi connectivity index (χ3n) is 4.15. The average molecular weight is 354 g/mol. The molecule has 6 nitrogen and oxygen atoms in total. The van der Waals surface area contributed by atoms with Crippen molar-refractivity contribution >= 4 is 5.91 Å². The number of rotatable bonds is 6. The van der Waals surface area contributed by atoms with Crippen molar-refractivity contribution < 1.29 is 9.53 Å². The van der Waals surface area contributed by atoms with Crippen LogP contribution in [0.1, 0.15) is 32.8 Å². The fourth-order valence-electron chi connectivity index (χ4n) is 3.02. The minimum absolute atomic E-state index is 0.128. The van der Waals surface area contributed by atoms with Gasteiger partial charge in [0.15, 0.2) is 0 Å². The van der Waals surface area contributed by atoms with Crippen molar-refractivity contribution in [1.82, 2.24) is 20.2 Å². The summed E-state index contributed by atoms with van der Waals surface area (Å²) in [5.74, 6) is 0.941. The smallest absolute Gasteiger partial charge is 0.321 e. The van der Waals surface area contributed by atoms with Gasteiger partial charge in [-0.25, -0.2) is 9.97 Å². The van der Waals surface area contributed by atoms with E-state index < -0.39 is 0 Å². The van der Waals surface area contributed by atoms with E-state index in [0.717, 1.165) is 25.2 Å². The van der Waals surface area contributed by atoms with Gasteiger partial charge in [0.25, 0.3) is 0 Å². The highest BCUT2D eigenvalue weighted by molar-refractivity contribution is 5.79. The van der Waals surface area contributed by atoms with E-state index in [4.69, 9.17) is 4.74 Å². The van der Waals surface area contributed by atoms with Crippen LogP contribution in [0.15, 0.2) is 42.7 Å². The zero-order valence-corrected chi connectivity index (χ0v) is 15.6. The van der Waals surface area contributed by atoms with Crippen molar-refractivity contribution in [3.8, 4) is 11.8 Å². The third kappa shape index (κ3) is 5.26. The van der Waals surface area contributed by atoms with Crippen molar-refractivity contribution in [2.24, 2.45) is 5.41 Å². The first-order chi connectivity index (χ1) is 12.4. The molecule has 0 bridgehead atoms. The van der Waals surface area contributed by atoms with Gasteiger partial charge in [0.05, 0.1) is 0 Å². The minimum Gasteiger partial charge on any atom is -0.424 e. The van der Waals surface area contributed by atoms with Gasteiger partial charge >= 0.3 is 6.01 Å². The van der Waals surface area contributed by atoms with E-state index in [1.807, 2.05) is 29.2 Å². The van der Waals surface area contributed by atoms with Crippen LogP contribution in [-0.2, 0) is 11.3 Å². The Morgan fingerprint density at radius 2 is 1.88 bits per heavy atom. The molecule has 0 aliphatic carbocycles. The lowest BCUT2D eigenvalue weighted by Gasteiger charge is -2.26. The first-order valence-electron chi connectivity index (χ1n) is 8.94. The van der Waals surface area contributed by atoms with Gasteiger partial charge in [-0.3, -0.25) is 4.79 Å². The minimum atomic E-state index is 0.128. The summed E-state index contributed by atoms with van der Waals surface area (Å²) in [6.45, 7) is 8.78. The second kappa shape index (κ2) is 7.83. The highest BCUT2D eigenvalue weighted by Gasteiger charge is 2.31. The van der Waals surface area contributed by atoms with Crippen LogP contribution in [0.2, 0.25) is 0 Å². The molecule has 1 saturated heterocycles. The lowest BCUT2D eigenvalue weighted by atomic mass is 9.96. The van der Waals surface area contributed by atoms with E-state index in [9.17, 15) is 4.79 Å². The summed E-state index contributed by atoms with van der Waals surface area (Å²) >= 11 is 0. The van der Waals surface area contributed by atoms with Gasteiger partial charge in [0.1, 0.15) is 5.75 Å². The number of nitrogens with one attached hydrogen (secondary N) is 1. The molecule has 3 rings (SSSR count). The molecule has 0 radical (unpaired) electrons. The molecule has 0 saturated carbocycles.